The zero-order valence-electron chi connectivity index (χ0n) is 17.6. The Bertz CT molecular complexity index is 861. The fourth-order valence-corrected chi connectivity index (χ4v) is 3.93. The van der Waals surface area contributed by atoms with Crippen LogP contribution < -0.4 is 0 Å². The van der Waals surface area contributed by atoms with Crippen LogP contribution >= 0.6 is 0 Å². The first-order valence-corrected chi connectivity index (χ1v) is 10.4. The van der Waals surface area contributed by atoms with Gasteiger partial charge in [0, 0.05) is 25.7 Å². The average Bonchev–Trinajstić information content (AvgIpc) is 2.78. The maximum atomic E-state index is 13.8. The van der Waals surface area contributed by atoms with E-state index in [1.54, 1.807) is 35.2 Å². The van der Waals surface area contributed by atoms with Crippen molar-refractivity contribution in [1.29, 1.82) is 0 Å². The predicted molar refractivity (Wildman–Crippen MR) is 114 cm³/mol. The quantitative estimate of drug-likeness (QED) is 0.652. The number of nitrogens with zero attached hydrogens (tertiary/aromatic N) is 2. The van der Waals surface area contributed by atoms with Crippen molar-refractivity contribution in [2.45, 2.75) is 19.3 Å². The van der Waals surface area contributed by atoms with E-state index in [1.807, 2.05) is 19.2 Å². The normalized spacial score (nSPS) is 15.0. The van der Waals surface area contributed by atoms with E-state index in [2.05, 4.69) is 9.64 Å². The molecule has 3 rings (SSSR count). The van der Waals surface area contributed by atoms with Gasteiger partial charge in [-0.1, -0.05) is 18.2 Å². The lowest BCUT2D eigenvalue weighted by Gasteiger charge is -2.34. The maximum Gasteiger partial charge on any atom is 0.337 e. The molecule has 1 saturated heterocycles. The standard InChI is InChI=1S/C24H29FN2O3/c1-26(23(28)20-7-9-21(10-8-20)24(29)30-2)17-18-11-14-27(15-12-18)16-13-19-5-3-4-6-22(19)25/h3-10,18H,11-17H2,1-2H3. The van der Waals surface area contributed by atoms with Crippen LogP contribution in [-0.4, -0.2) is 62.0 Å². The molecule has 0 saturated carbocycles. The minimum Gasteiger partial charge on any atom is -0.465 e. The molecule has 2 aromatic carbocycles. The molecule has 0 spiro atoms. The van der Waals surface area contributed by atoms with Crippen LogP contribution in [-0.2, 0) is 11.2 Å². The lowest BCUT2D eigenvalue weighted by molar-refractivity contribution is 0.0599. The van der Waals surface area contributed by atoms with Crippen LogP contribution in [0.3, 0.4) is 0 Å². The van der Waals surface area contributed by atoms with Gasteiger partial charge in [-0.3, -0.25) is 4.79 Å². The molecule has 1 heterocycles. The zero-order chi connectivity index (χ0) is 21.5. The molecule has 1 aliphatic rings. The van der Waals surface area contributed by atoms with Gasteiger partial charge in [0.15, 0.2) is 0 Å². The minimum absolute atomic E-state index is 0.0478. The highest BCUT2D eigenvalue weighted by atomic mass is 19.1. The first-order chi connectivity index (χ1) is 14.5. The van der Waals surface area contributed by atoms with Gasteiger partial charge in [-0.2, -0.15) is 0 Å². The zero-order valence-corrected chi connectivity index (χ0v) is 17.6. The molecule has 0 N–H and O–H groups in total. The van der Waals surface area contributed by atoms with Gasteiger partial charge in [-0.25, -0.2) is 9.18 Å². The van der Waals surface area contributed by atoms with E-state index in [0.29, 0.717) is 23.6 Å². The van der Waals surface area contributed by atoms with Gasteiger partial charge in [-0.15, -0.1) is 0 Å². The van der Waals surface area contributed by atoms with Crippen molar-refractivity contribution in [2.24, 2.45) is 5.92 Å². The second-order valence-corrected chi connectivity index (χ2v) is 7.88. The molecule has 6 heteroatoms. The molecule has 1 aliphatic heterocycles. The van der Waals surface area contributed by atoms with Gasteiger partial charge < -0.3 is 14.5 Å². The number of hydrogen-bond acceptors (Lipinski definition) is 4. The molecule has 5 nitrogen and oxygen atoms in total. The minimum atomic E-state index is -0.413. The first-order valence-electron chi connectivity index (χ1n) is 10.4. The highest BCUT2D eigenvalue weighted by molar-refractivity contribution is 5.96. The number of likely N-dealkylation sites (tertiary alicyclic amines) is 1. The van der Waals surface area contributed by atoms with E-state index < -0.39 is 5.97 Å². The molecular formula is C24H29FN2O3. The lowest BCUT2D eigenvalue weighted by Crippen LogP contribution is -2.40. The van der Waals surface area contributed by atoms with Crippen molar-refractivity contribution in [3.8, 4) is 0 Å². The Morgan fingerprint density at radius 2 is 1.70 bits per heavy atom. The van der Waals surface area contributed by atoms with Crippen LogP contribution in [0.15, 0.2) is 48.5 Å². The van der Waals surface area contributed by atoms with Gasteiger partial charge in [0.05, 0.1) is 12.7 Å². The summed E-state index contributed by atoms with van der Waals surface area (Å²) in [4.78, 5) is 28.3. The first kappa shape index (κ1) is 22.0. The third kappa shape index (κ3) is 5.66. The number of amides is 1. The maximum absolute atomic E-state index is 13.8. The number of methoxy groups -OCH3 is 1. The molecule has 0 atom stereocenters. The van der Waals surface area contributed by atoms with Gasteiger partial charge in [0.1, 0.15) is 5.82 Å². The number of rotatable bonds is 7. The highest BCUT2D eigenvalue weighted by Gasteiger charge is 2.23. The van der Waals surface area contributed by atoms with E-state index in [4.69, 9.17) is 0 Å². The average molecular weight is 413 g/mol. The van der Waals surface area contributed by atoms with Crippen molar-refractivity contribution in [3.63, 3.8) is 0 Å². The summed E-state index contributed by atoms with van der Waals surface area (Å²) in [5, 5.41) is 0. The predicted octanol–water partition coefficient (Wildman–Crippen LogP) is 3.64. The van der Waals surface area contributed by atoms with Gasteiger partial charge in [-0.05, 0) is 74.2 Å². The Labute approximate surface area is 177 Å². The Morgan fingerprint density at radius 3 is 2.33 bits per heavy atom. The third-order valence-electron chi connectivity index (χ3n) is 5.79. The Kier molecular flexibility index (Phi) is 7.57. The number of benzene rings is 2. The summed E-state index contributed by atoms with van der Waals surface area (Å²) in [5.41, 5.74) is 1.76. The summed E-state index contributed by atoms with van der Waals surface area (Å²) in [6, 6.07) is 13.5. The van der Waals surface area contributed by atoms with Crippen molar-refractivity contribution in [3.05, 3.63) is 71.0 Å². The Hall–Kier alpha value is -2.73. The molecule has 0 radical (unpaired) electrons. The number of hydrogen-bond donors (Lipinski definition) is 0. The summed E-state index contributed by atoms with van der Waals surface area (Å²) in [5.74, 6) is -0.136. The number of ether oxygens (including phenoxy) is 1. The third-order valence-corrected chi connectivity index (χ3v) is 5.79. The number of halogens is 1. The van der Waals surface area contributed by atoms with Crippen LogP contribution in [0.5, 0.6) is 0 Å². The van der Waals surface area contributed by atoms with Crippen LogP contribution in [0.4, 0.5) is 4.39 Å². The van der Waals surface area contributed by atoms with E-state index in [0.717, 1.165) is 44.5 Å². The van der Waals surface area contributed by atoms with Crippen molar-refractivity contribution < 1.29 is 18.7 Å². The van der Waals surface area contributed by atoms with Crippen molar-refractivity contribution >= 4 is 11.9 Å². The molecule has 0 aliphatic carbocycles. The number of carbonyl (C=O) groups is 2. The SMILES string of the molecule is COC(=O)c1ccc(C(=O)N(C)CC2CCN(CCc3ccccc3F)CC2)cc1. The lowest BCUT2D eigenvalue weighted by atomic mass is 9.95. The number of esters is 1. The van der Waals surface area contributed by atoms with Gasteiger partial charge >= 0.3 is 5.97 Å². The molecule has 0 aromatic heterocycles. The molecule has 0 bridgehead atoms. The second-order valence-electron chi connectivity index (χ2n) is 7.88. The molecule has 2 aromatic rings. The van der Waals surface area contributed by atoms with Gasteiger partial charge in [0.2, 0.25) is 0 Å². The topological polar surface area (TPSA) is 49.9 Å². The van der Waals surface area contributed by atoms with Crippen LogP contribution in [0.2, 0.25) is 0 Å². The molecular weight excluding hydrogens is 383 g/mol. The molecule has 0 unspecified atom stereocenters. The van der Waals surface area contributed by atoms with E-state index >= 15 is 0 Å². The fraction of sp³-hybridized carbons (Fsp3) is 0.417. The Morgan fingerprint density at radius 1 is 1.07 bits per heavy atom. The van der Waals surface area contributed by atoms with Crippen LogP contribution in [0.25, 0.3) is 0 Å². The fourth-order valence-electron chi connectivity index (χ4n) is 3.93. The number of carbonyl (C=O) groups excluding carboxylic acids is 2. The highest BCUT2D eigenvalue weighted by Crippen LogP contribution is 2.20. The summed E-state index contributed by atoms with van der Waals surface area (Å²) < 4.78 is 18.5. The van der Waals surface area contributed by atoms with E-state index in [1.165, 1.54) is 13.2 Å². The smallest absolute Gasteiger partial charge is 0.337 e. The summed E-state index contributed by atoms with van der Waals surface area (Å²) in [6.07, 6.45) is 2.77. The molecule has 160 valence electrons. The van der Waals surface area contributed by atoms with Crippen LogP contribution in [0.1, 0.15) is 39.1 Å². The van der Waals surface area contributed by atoms with E-state index in [-0.39, 0.29) is 11.7 Å². The second kappa shape index (κ2) is 10.3. The van der Waals surface area contributed by atoms with E-state index in [9.17, 15) is 14.0 Å². The largest absolute Gasteiger partial charge is 0.465 e. The summed E-state index contributed by atoms with van der Waals surface area (Å²) in [7, 11) is 3.15. The van der Waals surface area contributed by atoms with Crippen molar-refractivity contribution in [2.75, 3.05) is 40.3 Å². The monoisotopic (exact) mass is 412 g/mol. The summed E-state index contributed by atoms with van der Waals surface area (Å²) in [6.45, 7) is 3.50. The van der Waals surface area contributed by atoms with Gasteiger partial charge in [0.25, 0.3) is 5.91 Å². The number of piperidine rings is 1. The molecule has 30 heavy (non-hydrogen) atoms. The van der Waals surface area contributed by atoms with Crippen LogP contribution in [0, 0.1) is 11.7 Å². The Balaban J connectivity index is 1.44. The summed E-state index contributed by atoms with van der Waals surface area (Å²) >= 11 is 0. The molecule has 1 amide bonds. The molecule has 1 fully saturated rings. The van der Waals surface area contributed by atoms with Crippen molar-refractivity contribution in [1.82, 2.24) is 9.80 Å².